The molecule has 3 aromatic carbocycles. The van der Waals surface area contributed by atoms with Gasteiger partial charge in [-0.15, -0.1) is 0 Å². The Labute approximate surface area is 224 Å². The van der Waals surface area contributed by atoms with Crippen LogP contribution in [0, 0.1) is 17.3 Å². The van der Waals surface area contributed by atoms with Crippen molar-refractivity contribution in [3.05, 3.63) is 95.6 Å². The Morgan fingerprint density at radius 1 is 0.865 bits per heavy atom. The molecule has 0 spiro atoms. The lowest BCUT2D eigenvalue weighted by atomic mass is 9.55. The van der Waals surface area contributed by atoms with Crippen molar-refractivity contribution in [3.8, 4) is 0 Å². The minimum Gasteiger partial charge on any atom is -0.410 e. The zero-order valence-electron chi connectivity index (χ0n) is 22.6. The van der Waals surface area contributed by atoms with E-state index in [1.165, 1.54) is 22.4 Å². The maximum absolute atomic E-state index is 13.6. The molecule has 0 radical (unpaired) electrons. The summed E-state index contributed by atoms with van der Waals surface area (Å²) in [5.41, 5.74) is 4.46. The fourth-order valence-corrected chi connectivity index (χ4v) is 10.1. The van der Waals surface area contributed by atoms with Crippen LogP contribution in [-0.4, -0.2) is 21.4 Å². The van der Waals surface area contributed by atoms with Crippen molar-refractivity contribution in [1.82, 2.24) is 0 Å². The molecular weight excluding hydrogens is 468 g/mol. The molecule has 4 atom stereocenters. The molecule has 3 aliphatic carbocycles. The maximum Gasteiger partial charge on any atom is 0.239 e. The molecule has 192 valence electrons. The molecule has 2 fully saturated rings. The Morgan fingerprint density at radius 3 is 2.19 bits per heavy atom. The molecule has 3 heteroatoms. The SMILES string of the molecule is CC(C)(C)c1ccc2c(c1)CC[C@@H]1[C@@H]2CC[C@]2(CO[SiH](c3ccccc3)c3ccccc3)C(=O)CC[C@@H]12. The normalized spacial score (nSPS) is 27.0. The van der Waals surface area contributed by atoms with E-state index in [4.69, 9.17) is 4.43 Å². The quantitative estimate of drug-likeness (QED) is 0.399. The second-order valence-electron chi connectivity index (χ2n) is 12.7. The number of fused-ring (bicyclic) bond motifs is 5. The van der Waals surface area contributed by atoms with Crippen LogP contribution in [0.4, 0.5) is 0 Å². The summed E-state index contributed by atoms with van der Waals surface area (Å²) in [6.45, 7) is 7.51. The number of carbonyl (C=O) groups excluding carboxylic acids is 1. The molecule has 0 bridgehead atoms. The summed E-state index contributed by atoms with van der Waals surface area (Å²) < 4.78 is 6.95. The lowest BCUT2D eigenvalue weighted by Gasteiger charge is -2.50. The van der Waals surface area contributed by atoms with Crippen LogP contribution in [-0.2, 0) is 21.1 Å². The van der Waals surface area contributed by atoms with E-state index in [0.29, 0.717) is 30.1 Å². The van der Waals surface area contributed by atoms with E-state index in [0.717, 1.165) is 32.1 Å². The average molecular weight is 509 g/mol. The monoisotopic (exact) mass is 508 g/mol. The average Bonchev–Trinajstić information content (AvgIpc) is 3.25. The van der Waals surface area contributed by atoms with E-state index in [1.54, 1.807) is 11.1 Å². The van der Waals surface area contributed by atoms with Gasteiger partial charge in [0.05, 0.1) is 5.41 Å². The van der Waals surface area contributed by atoms with Crippen molar-refractivity contribution in [2.24, 2.45) is 17.3 Å². The number of benzene rings is 3. The number of rotatable bonds is 5. The lowest BCUT2D eigenvalue weighted by Crippen LogP contribution is -2.51. The van der Waals surface area contributed by atoms with Crippen LogP contribution in [0.25, 0.3) is 0 Å². The molecule has 0 heterocycles. The van der Waals surface area contributed by atoms with Gasteiger partial charge in [-0.05, 0) is 82.3 Å². The topological polar surface area (TPSA) is 26.3 Å². The second kappa shape index (κ2) is 9.67. The Hall–Kier alpha value is -2.49. The van der Waals surface area contributed by atoms with Gasteiger partial charge in [-0.1, -0.05) is 99.6 Å². The van der Waals surface area contributed by atoms with Gasteiger partial charge < -0.3 is 4.43 Å². The van der Waals surface area contributed by atoms with E-state index >= 15 is 0 Å². The highest BCUT2D eigenvalue weighted by atomic mass is 28.3. The fraction of sp³-hybridized carbons (Fsp3) is 0.441. The molecule has 0 amide bonds. The summed E-state index contributed by atoms with van der Waals surface area (Å²) in [7, 11) is -1.87. The second-order valence-corrected chi connectivity index (χ2v) is 15.2. The van der Waals surface area contributed by atoms with E-state index in [-0.39, 0.29) is 10.8 Å². The Balaban J connectivity index is 1.27. The van der Waals surface area contributed by atoms with Crippen molar-refractivity contribution in [1.29, 1.82) is 0 Å². The van der Waals surface area contributed by atoms with Gasteiger partial charge in [-0.2, -0.15) is 0 Å². The number of aryl methyl sites for hydroxylation is 1. The molecule has 0 N–H and O–H groups in total. The van der Waals surface area contributed by atoms with E-state index in [1.807, 2.05) is 0 Å². The van der Waals surface area contributed by atoms with Crippen LogP contribution >= 0.6 is 0 Å². The third-order valence-electron chi connectivity index (χ3n) is 9.75. The molecule has 37 heavy (non-hydrogen) atoms. The van der Waals surface area contributed by atoms with E-state index in [9.17, 15) is 4.79 Å². The highest BCUT2D eigenvalue weighted by Crippen LogP contribution is 2.60. The number of Topliss-reactive ketones (excluding diaryl/α,β-unsaturated/α-hetero) is 1. The Morgan fingerprint density at radius 2 is 1.54 bits per heavy atom. The fourth-order valence-electron chi connectivity index (χ4n) is 7.77. The van der Waals surface area contributed by atoms with Crippen molar-refractivity contribution in [3.63, 3.8) is 0 Å². The van der Waals surface area contributed by atoms with Crippen molar-refractivity contribution < 1.29 is 9.22 Å². The third kappa shape index (κ3) is 4.44. The van der Waals surface area contributed by atoms with Crippen LogP contribution in [0.15, 0.2) is 78.9 Å². The van der Waals surface area contributed by atoms with Gasteiger partial charge >= 0.3 is 0 Å². The molecule has 0 aliphatic heterocycles. The highest BCUT2D eigenvalue weighted by Gasteiger charge is 2.57. The standard InChI is InChI=1S/C34H40O2Si/c1-33(2,3)25-15-17-28-24(22-25)14-16-30-29(28)20-21-34(31(30)18-19-32(34)35)23-36-37(26-10-6-4-7-11-26)27-12-8-5-9-13-27/h4-13,15,17,22,29-31,37H,14,16,18-21,23H2,1-3H3/t29-,30-,31+,34-/m1/s1. The smallest absolute Gasteiger partial charge is 0.239 e. The predicted molar refractivity (Wildman–Crippen MR) is 154 cm³/mol. The van der Waals surface area contributed by atoms with Gasteiger partial charge in [0.1, 0.15) is 5.78 Å². The van der Waals surface area contributed by atoms with Crippen LogP contribution in [0.2, 0.25) is 0 Å². The molecule has 2 nitrogen and oxygen atoms in total. The van der Waals surface area contributed by atoms with Gasteiger partial charge in [0.2, 0.25) is 9.04 Å². The number of hydrogen-bond donors (Lipinski definition) is 0. The van der Waals surface area contributed by atoms with E-state index < -0.39 is 9.04 Å². The minimum absolute atomic E-state index is 0.181. The first-order chi connectivity index (χ1) is 17.9. The summed E-state index contributed by atoms with van der Waals surface area (Å²) in [5, 5.41) is 2.59. The Kier molecular flexibility index (Phi) is 6.49. The number of ketones is 1. The predicted octanol–water partition coefficient (Wildman–Crippen LogP) is 5.94. The van der Waals surface area contributed by atoms with Crippen LogP contribution in [0.1, 0.15) is 75.5 Å². The minimum atomic E-state index is -1.87. The van der Waals surface area contributed by atoms with Crippen molar-refractivity contribution in [2.45, 2.75) is 70.6 Å². The molecule has 3 aliphatic rings. The number of carbonyl (C=O) groups is 1. The lowest BCUT2D eigenvalue weighted by molar-refractivity contribution is -0.133. The summed E-state index contributed by atoms with van der Waals surface area (Å²) in [4.78, 5) is 13.6. The highest BCUT2D eigenvalue weighted by molar-refractivity contribution is 6.80. The first-order valence-corrected chi connectivity index (χ1v) is 15.9. The van der Waals surface area contributed by atoms with Gasteiger partial charge in [0.25, 0.3) is 0 Å². The van der Waals surface area contributed by atoms with Crippen LogP contribution in [0.3, 0.4) is 0 Å². The summed E-state index contributed by atoms with van der Waals surface area (Å²) in [6, 6.07) is 28.7. The summed E-state index contributed by atoms with van der Waals surface area (Å²) in [6.07, 6.45) is 6.22. The Bertz CT molecular complexity index is 1220. The molecule has 6 rings (SSSR count). The molecule has 3 aromatic rings. The molecule has 2 saturated carbocycles. The maximum atomic E-state index is 13.6. The van der Waals surface area contributed by atoms with Gasteiger partial charge in [0, 0.05) is 13.0 Å². The zero-order chi connectivity index (χ0) is 25.6. The first-order valence-electron chi connectivity index (χ1n) is 14.2. The van der Waals surface area contributed by atoms with Gasteiger partial charge in [0.15, 0.2) is 0 Å². The zero-order valence-corrected chi connectivity index (χ0v) is 23.7. The van der Waals surface area contributed by atoms with Crippen LogP contribution < -0.4 is 10.4 Å². The molecule has 0 aromatic heterocycles. The van der Waals surface area contributed by atoms with Crippen molar-refractivity contribution >= 4 is 25.2 Å². The van der Waals surface area contributed by atoms with E-state index in [2.05, 4.69) is 99.6 Å². The van der Waals surface area contributed by atoms with Crippen molar-refractivity contribution in [2.75, 3.05) is 6.61 Å². The number of hydrogen-bond acceptors (Lipinski definition) is 2. The third-order valence-corrected chi connectivity index (χ3v) is 12.2. The molecule has 0 saturated heterocycles. The van der Waals surface area contributed by atoms with Crippen LogP contribution in [0.5, 0.6) is 0 Å². The summed E-state index contributed by atoms with van der Waals surface area (Å²) in [5.74, 6) is 2.12. The summed E-state index contributed by atoms with van der Waals surface area (Å²) >= 11 is 0. The molecular formula is C34H40O2Si. The van der Waals surface area contributed by atoms with Gasteiger partial charge in [-0.3, -0.25) is 4.79 Å². The first kappa shape index (κ1) is 24.8. The largest absolute Gasteiger partial charge is 0.410 e. The molecule has 0 unspecified atom stereocenters. The van der Waals surface area contributed by atoms with Gasteiger partial charge in [-0.25, -0.2) is 0 Å².